The summed E-state index contributed by atoms with van der Waals surface area (Å²) in [6.45, 7) is 5.96. The number of hydrogen-bond donors (Lipinski definition) is 1. The van der Waals surface area contributed by atoms with Gasteiger partial charge in [-0.1, -0.05) is 48.2 Å². The van der Waals surface area contributed by atoms with Crippen molar-refractivity contribution in [1.29, 1.82) is 0 Å². The van der Waals surface area contributed by atoms with Crippen molar-refractivity contribution in [3.63, 3.8) is 0 Å². The molecule has 3 aromatic rings. The number of aromatic nitrogens is 2. The SMILES string of the molecule is CC[C@H](C)NC(=O)c1oc2ccccc2c1CSc1nnc(C)s1. The molecule has 0 unspecified atom stereocenters. The molecule has 2 heterocycles. The summed E-state index contributed by atoms with van der Waals surface area (Å²) in [7, 11) is 0. The smallest absolute Gasteiger partial charge is 0.287 e. The van der Waals surface area contributed by atoms with Gasteiger partial charge >= 0.3 is 0 Å². The van der Waals surface area contributed by atoms with E-state index in [1.165, 1.54) is 0 Å². The van der Waals surface area contributed by atoms with E-state index in [4.69, 9.17) is 4.42 Å². The Bertz CT molecular complexity index is 857. The normalized spacial score (nSPS) is 12.5. The highest BCUT2D eigenvalue weighted by Crippen LogP contribution is 2.33. The standard InChI is InChI=1S/C17H19N3O2S2/c1-4-10(2)18-16(21)15-13(9-23-17-20-19-11(3)24-17)12-7-5-6-8-14(12)22-15/h5-8,10H,4,9H2,1-3H3,(H,18,21)/t10-/m0/s1. The number of rotatable bonds is 6. The highest BCUT2D eigenvalue weighted by Gasteiger charge is 2.21. The molecular weight excluding hydrogens is 342 g/mol. The summed E-state index contributed by atoms with van der Waals surface area (Å²) < 4.78 is 6.74. The zero-order valence-electron chi connectivity index (χ0n) is 13.8. The zero-order valence-corrected chi connectivity index (χ0v) is 15.5. The Kier molecular flexibility index (Phi) is 5.20. The molecule has 0 saturated heterocycles. The molecule has 0 aliphatic carbocycles. The molecular formula is C17H19N3O2S2. The lowest BCUT2D eigenvalue weighted by Crippen LogP contribution is -2.32. The average Bonchev–Trinajstić information content (AvgIpc) is 3.16. The van der Waals surface area contributed by atoms with E-state index in [9.17, 15) is 4.79 Å². The third-order valence-electron chi connectivity index (χ3n) is 3.74. The summed E-state index contributed by atoms with van der Waals surface area (Å²) in [6.07, 6.45) is 0.875. The highest BCUT2D eigenvalue weighted by atomic mass is 32.2. The lowest BCUT2D eigenvalue weighted by molar-refractivity contribution is 0.0912. The molecule has 7 heteroatoms. The number of furan rings is 1. The van der Waals surface area contributed by atoms with E-state index >= 15 is 0 Å². The summed E-state index contributed by atoms with van der Waals surface area (Å²) in [6, 6.07) is 7.85. The monoisotopic (exact) mass is 361 g/mol. The number of fused-ring (bicyclic) bond motifs is 1. The van der Waals surface area contributed by atoms with E-state index in [2.05, 4.69) is 15.5 Å². The Morgan fingerprint density at radius 3 is 2.88 bits per heavy atom. The third-order valence-corrected chi connectivity index (χ3v) is 5.74. The molecule has 0 aliphatic heterocycles. The zero-order chi connectivity index (χ0) is 17.1. The Morgan fingerprint density at radius 1 is 1.38 bits per heavy atom. The second-order valence-electron chi connectivity index (χ2n) is 5.56. The first-order valence-corrected chi connectivity index (χ1v) is 9.63. The predicted molar refractivity (Wildman–Crippen MR) is 97.6 cm³/mol. The molecule has 0 saturated carbocycles. The summed E-state index contributed by atoms with van der Waals surface area (Å²) in [5, 5.41) is 13.1. The first kappa shape index (κ1) is 17.0. The number of aryl methyl sites for hydroxylation is 1. The van der Waals surface area contributed by atoms with E-state index < -0.39 is 0 Å². The number of benzene rings is 1. The number of carbonyl (C=O) groups is 1. The van der Waals surface area contributed by atoms with Gasteiger partial charge in [0.05, 0.1) is 0 Å². The Labute approximate surface area is 148 Å². The summed E-state index contributed by atoms with van der Waals surface area (Å²) in [5.74, 6) is 0.851. The van der Waals surface area contributed by atoms with Gasteiger partial charge in [-0.3, -0.25) is 4.79 Å². The van der Waals surface area contributed by atoms with Crippen molar-refractivity contribution in [3.05, 3.63) is 40.6 Å². The number of carbonyl (C=O) groups excluding carboxylic acids is 1. The minimum absolute atomic E-state index is 0.108. The van der Waals surface area contributed by atoms with Crippen LogP contribution in [0.25, 0.3) is 11.0 Å². The molecule has 126 valence electrons. The van der Waals surface area contributed by atoms with E-state index in [1.807, 2.05) is 45.0 Å². The predicted octanol–water partition coefficient (Wildman–Crippen LogP) is 4.41. The van der Waals surface area contributed by atoms with Crippen molar-refractivity contribution in [2.24, 2.45) is 0 Å². The van der Waals surface area contributed by atoms with Gasteiger partial charge in [0.1, 0.15) is 10.6 Å². The van der Waals surface area contributed by atoms with Crippen LogP contribution in [0.5, 0.6) is 0 Å². The molecule has 1 atom stereocenters. The molecule has 1 N–H and O–H groups in total. The van der Waals surface area contributed by atoms with Gasteiger partial charge in [-0.25, -0.2) is 0 Å². The van der Waals surface area contributed by atoms with Crippen LogP contribution in [0.3, 0.4) is 0 Å². The fourth-order valence-corrected chi connectivity index (χ4v) is 4.13. The molecule has 1 aromatic carbocycles. The van der Waals surface area contributed by atoms with E-state index in [0.29, 0.717) is 11.5 Å². The molecule has 3 rings (SSSR count). The summed E-state index contributed by atoms with van der Waals surface area (Å²) in [5.41, 5.74) is 1.64. The quantitative estimate of drug-likeness (QED) is 0.659. The molecule has 2 aromatic heterocycles. The van der Waals surface area contributed by atoms with Crippen LogP contribution in [0.1, 0.15) is 41.4 Å². The van der Waals surface area contributed by atoms with Crippen molar-refractivity contribution in [1.82, 2.24) is 15.5 Å². The van der Waals surface area contributed by atoms with Crippen LogP contribution in [0.15, 0.2) is 33.0 Å². The van der Waals surface area contributed by atoms with Gasteiger partial charge in [-0.2, -0.15) is 0 Å². The molecule has 1 amide bonds. The van der Waals surface area contributed by atoms with E-state index in [1.54, 1.807) is 23.1 Å². The minimum Gasteiger partial charge on any atom is -0.451 e. The minimum atomic E-state index is -0.162. The first-order chi connectivity index (χ1) is 11.6. The number of thioether (sulfide) groups is 1. The average molecular weight is 361 g/mol. The summed E-state index contributed by atoms with van der Waals surface area (Å²) in [4.78, 5) is 12.6. The number of hydrogen-bond acceptors (Lipinski definition) is 6. The van der Waals surface area contributed by atoms with Gasteiger partial charge in [0.25, 0.3) is 5.91 Å². The fraction of sp³-hybridized carbons (Fsp3) is 0.353. The van der Waals surface area contributed by atoms with Crippen LogP contribution in [-0.2, 0) is 5.75 Å². The van der Waals surface area contributed by atoms with E-state index in [-0.39, 0.29) is 11.9 Å². The maximum absolute atomic E-state index is 12.6. The van der Waals surface area contributed by atoms with Crippen LogP contribution in [-0.4, -0.2) is 22.1 Å². The maximum atomic E-state index is 12.6. The van der Waals surface area contributed by atoms with Gasteiger partial charge < -0.3 is 9.73 Å². The lowest BCUT2D eigenvalue weighted by atomic mass is 10.1. The first-order valence-electron chi connectivity index (χ1n) is 7.82. The summed E-state index contributed by atoms with van der Waals surface area (Å²) >= 11 is 3.13. The number of nitrogens with zero attached hydrogens (tertiary/aromatic N) is 2. The van der Waals surface area contributed by atoms with E-state index in [0.717, 1.165) is 32.3 Å². The van der Waals surface area contributed by atoms with Gasteiger partial charge in [-0.15, -0.1) is 10.2 Å². The number of nitrogens with one attached hydrogen (secondary N) is 1. The van der Waals surface area contributed by atoms with Gasteiger partial charge in [0.2, 0.25) is 0 Å². The number of amides is 1. The van der Waals surface area contributed by atoms with Gasteiger partial charge in [-0.05, 0) is 26.3 Å². The Hall–Kier alpha value is -1.86. The van der Waals surface area contributed by atoms with Crippen LogP contribution >= 0.6 is 23.1 Å². The van der Waals surface area contributed by atoms with Crippen molar-refractivity contribution in [2.45, 2.75) is 43.3 Å². The lowest BCUT2D eigenvalue weighted by Gasteiger charge is -2.10. The fourth-order valence-electron chi connectivity index (χ4n) is 2.29. The molecule has 0 spiro atoms. The van der Waals surface area contributed by atoms with Crippen LogP contribution in [0, 0.1) is 6.92 Å². The second-order valence-corrected chi connectivity index (χ2v) is 7.97. The largest absolute Gasteiger partial charge is 0.451 e. The van der Waals surface area contributed by atoms with Gasteiger partial charge in [0, 0.05) is 22.7 Å². The molecule has 0 fully saturated rings. The molecule has 0 bridgehead atoms. The highest BCUT2D eigenvalue weighted by molar-refractivity contribution is 8.00. The van der Waals surface area contributed by atoms with Crippen molar-refractivity contribution < 1.29 is 9.21 Å². The van der Waals surface area contributed by atoms with Crippen LogP contribution < -0.4 is 5.32 Å². The second kappa shape index (κ2) is 7.36. The molecule has 24 heavy (non-hydrogen) atoms. The Balaban J connectivity index is 1.91. The molecule has 0 radical (unpaired) electrons. The van der Waals surface area contributed by atoms with Crippen molar-refractivity contribution >= 4 is 40.0 Å². The Morgan fingerprint density at radius 2 is 2.17 bits per heavy atom. The van der Waals surface area contributed by atoms with Crippen molar-refractivity contribution in [2.75, 3.05) is 0 Å². The van der Waals surface area contributed by atoms with Crippen LogP contribution in [0.4, 0.5) is 0 Å². The third kappa shape index (κ3) is 3.62. The molecule has 5 nitrogen and oxygen atoms in total. The van der Waals surface area contributed by atoms with Crippen molar-refractivity contribution in [3.8, 4) is 0 Å². The molecule has 0 aliphatic rings. The topological polar surface area (TPSA) is 68.0 Å². The van der Waals surface area contributed by atoms with Crippen LogP contribution in [0.2, 0.25) is 0 Å². The maximum Gasteiger partial charge on any atom is 0.287 e. The van der Waals surface area contributed by atoms with Gasteiger partial charge in [0.15, 0.2) is 10.1 Å². The number of para-hydroxylation sites is 1.